The Kier molecular flexibility index (Phi) is 20.5. The third-order valence-electron chi connectivity index (χ3n) is 13.7. The van der Waals surface area contributed by atoms with E-state index in [0.29, 0.717) is 12.8 Å². The summed E-state index contributed by atoms with van der Waals surface area (Å²) in [6, 6.07) is 79.2. The molecule has 12 heteroatoms. The molecule has 2 aromatic heterocycles. The van der Waals surface area contributed by atoms with Gasteiger partial charge >= 0.3 is 15.6 Å². The first kappa shape index (κ1) is 61.9. The highest BCUT2D eigenvalue weighted by atomic mass is 32.2. The van der Waals surface area contributed by atoms with Gasteiger partial charge in [0.2, 0.25) is 0 Å². The van der Waals surface area contributed by atoms with Gasteiger partial charge in [-0.2, -0.15) is 21.6 Å². The standard InChI is InChI=1S/C49H32N2O3.C13H12.C5H8.C3H6.C2H3F3O3S.C2H4/c52-45-28-35(21-25-44(45)51(33-11-2-1-3-12-33)34-18-22-39-32(27-34)26-31-10-4-5-13-38(31)39)50(36-19-23-42-40-14-6-8-16-46(40)53-48(42)29-36)37-20-24-43-41-15-7-9-17-47(41)54-49(43)30-37;1-11-7-9-13(10-8-11)12-5-3-2-4-6-12;1-3-5-4-2;1-3-2;1-8-9(6,7)2(3,4)5;1-2/h1-25,27-30,52H,26H2;2-10H,1H3;3-5H,1H2,2H3;3H,1H2,2H3;1H3;1-2H2/b;;5-4-;;;. The summed E-state index contributed by atoms with van der Waals surface area (Å²) in [7, 11) is -4.89. The van der Waals surface area contributed by atoms with Crippen LogP contribution in [0.1, 0.15) is 30.5 Å². The van der Waals surface area contributed by atoms with Crippen LogP contribution in [0.2, 0.25) is 0 Å². The maximum atomic E-state index is 12.1. The van der Waals surface area contributed by atoms with Crippen molar-refractivity contribution in [2.24, 2.45) is 0 Å². The Morgan fingerprint density at radius 3 is 1.48 bits per heavy atom. The average molecular weight is 1170 g/mol. The predicted molar refractivity (Wildman–Crippen MR) is 351 cm³/mol. The summed E-state index contributed by atoms with van der Waals surface area (Å²) in [5.41, 5.74) is 12.2. The lowest BCUT2D eigenvalue weighted by molar-refractivity contribution is -0.0526. The summed E-state index contributed by atoms with van der Waals surface area (Å²) >= 11 is 0. The van der Waals surface area contributed by atoms with Crippen LogP contribution in [0.5, 0.6) is 5.75 Å². The van der Waals surface area contributed by atoms with Crippen molar-refractivity contribution in [3.63, 3.8) is 0 Å². The molecule has 12 aromatic rings. The van der Waals surface area contributed by atoms with Gasteiger partial charge in [0.05, 0.1) is 12.8 Å². The Morgan fingerprint density at radius 2 is 0.965 bits per heavy atom. The molecule has 0 fully saturated rings. The quantitative estimate of drug-likeness (QED) is 0.0661. The van der Waals surface area contributed by atoms with Crippen LogP contribution < -0.4 is 9.80 Å². The van der Waals surface area contributed by atoms with E-state index in [1.807, 2.05) is 98.8 Å². The first-order valence-electron chi connectivity index (χ1n) is 27.5. The van der Waals surface area contributed by atoms with Crippen molar-refractivity contribution in [2.75, 3.05) is 16.9 Å². The largest absolute Gasteiger partial charge is 0.523 e. The second-order valence-electron chi connectivity index (χ2n) is 19.4. The molecule has 10 aromatic carbocycles. The molecule has 8 nitrogen and oxygen atoms in total. The molecule has 2 heterocycles. The van der Waals surface area contributed by atoms with E-state index in [1.165, 1.54) is 38.9 Å². The van der Waals surface area contributed by atoms with Crippen molar-refractivity contribution >= 4 is 88.1 Å². The molecule has 86 heavy (non-hydrogen) atoms. The molecule has 1 aliphatic carbocycles. The summed E-state index contributed by atoms with van der Waals surface area (Å²) in [6.45, 7) is 18.8. The van der Waals surface area contributed by atoms with Gasteiger partial charge in [0, 0.05) is 68.2 Å². The van der Waals surface area contributed by atoms with Gasteiger partial charge in [-0.05, 0) is 133 Å². The molecule has 434 valence electrons. The number of benzene rings is 10. The van der Waals surface area contributed by atoms with Crippen molar-refractivity contribution in [3.8, 4) is 28.0 Å². The molecule has 0 aliphatic heterocycles. The van der Waals surface area contributed by atoms with E-state index < -0.39 is 15.6 Å². The van der Waals surface area contributed by atoms with Crippen LogP contribution in [-0.2, 0) is 20.7 Å². The monoisotopic (exact) mass is 1170 g/mol. The molecule has 0 bridgehead atoms. The van der Waals surface area contributed by atoms with E-state index >= 15 is 0 Å². The van der Waals surface area contributed by atoms with Crippen LogP contribution in [0.3, 0.4) is 0 Å². The molecule has 1 N–H and O–H groups in total. The van der Waals surface area contributed by atoms with Crippen LogP contribution in [-0.4, -0.2) is 26.1 Å². The van der Waals surface area contributed by atoms with Crippen LogP contribution in [0, 0.1) is 6.92 Å². The zero-order valence-corrected chi connectivity index (χ0v) is 49.0. The number of hydrogen-bond acceptors (Lipinski definition) is 8. The Bertz CT molecular complexity index is 4290. The first-order valence-corrected chi connectivity index (χ1v) is 28.9. The van der Waals surface area contributed by atoms with Gasteiger partial charge in [-0.1, -0.05) is 176 Å². The zero-order chi connectivity index (χ0) is 61.4. The summed E-state index contributed by atoms with van der Waals surface area (Å²) in [6.07, 6.45) is 8.21. The summed E-state index contributed by atoms with van der Waals surface area (Å²) in [4.78, 5) is 4.27. The highest BCUT2D eigenvalue weighted by Gasteiger charge is 2.46. The minimum Gasteiger partial charge on any atom is -0.506 e. The van der Waals surface area contributed by atoms with Crippen LogP contribution in [0.4, 0.5) is 47.3 Å². The fraction of sp³-hybridized carbons (Fsp3) is 0.0811. The molecule has 13 rings (SSSR count). The van der Waals surface area contributed by atoms with Gasteiger partial charge in [-0.15, -0.1) is 19.7 Å². The number of phenolic OH excluding ortho intramolecular Hbond substituents is 1. The normalized spacial score (nSPS) is 11.2. The fourth-order valence-corrected chi connectivity index (χ4v) is 10.1. The molecular formula is C74H65F3N2O6S. The second-order valence-corrected chi connectivity index (χ2v) is 21.1. The first-order chi connectivity index (χ1) is 41.7. The number of alkyl halides is 3. The minimum absolute atomic E-state index is 0.153. The van der Waals surface area contributed by atoms with Gasteiger partial charge in [-0.25, -0.2) is 0 Å². The van der Waals surface area contributed by atoms with Crippen molar-refractivity contribution < 1.29 is 39.7 Å². The Morgan fingerprint density at radius 1 is 0.512 bits per heavy atom. The Labute approximate surface area is 500 Å². The minimum atomic E-state index is -5.34. The van der Waals surface area contributed by atoms with Gasteiger partial charge in [0.15, 0.2) is 0 Å². The number of hydrogen-bond donors (Lipinski definition) is 1. The van der Waals surface area contributed by atoms with Crippen molar-refractivity contribution in [1.82, 2.24) is 0 Å². The highest BCUT2D eigenvalue weighted by molar-refractivity contribution is 7.87. The third-order valence-corrected chi connectivity index (χ3v) is 14.7. The van der Waals surface area contributed by atoms with E-state index in [-0.39, 0.29) is 5.75 Å². The van der Waals surface area contributed by atoms with E-state index in [9.17, 15) is 26.7 Å². The van der Waals surface area contributed by atoms with Crippen LogP contribution in [0.15, 0.2) is 290 Å². The topological polar surface area (TPSA) is 96.4 Å². The summed E-state index contributed by atoms with van der Waals surface area (Å²) in [5.74, 6) is 0.153. The molecule has 0 radical (unpaired) electrons. The van der Waals surface area contributed by atoms with Gasteiger partial charge in [-0.3, -0.25) is 4.18 Å². The van der Waals surface area contributed by atoms with Crippen molar-refractivity contribution in [3.05, 3.63) is 298 Å². The van der Waals surface area contributed by atoms with Crippen molar-refractivity contribution in [2.45, 2.75) is 32.7 Å². The lowest BCUT2D eigenvalue weighted by Crippen LogP contribution is -2.23. The lowest BCUT2D eigenvalue weighted by atomic mass is 10.0. The number of aromatic hydroxyl groups is 1. The van der Waals surface area contributed by atoms with Gasteiger partial charge < -0.3 is 23.7 Å². The van der Waals surface area contributed by atoms with Gasteiger partial charge in [0.1, 0.15) is 28.1 Å². The van der Waals surface area contributed by atoms with Crippen molar-refractivity contribution in [1.29, 1.82) is 0 Å². The van der Waals surface area contributed by atoms with Crippen LogP contribution >= 0.6 is 0 Å². The maximum Gasteiger partial charge on any atom is 0.523 e. The molecule has 0 spiro atoms. The number of rotatable bonds is 9. The third kappa shape index (κ3) is 14.1. The number of phenols is 1. The highest BCUT2D eigenvalue weighted by Crippen LogP contribution is 2.47. The van der Waals surface area contributed by atoms with Gasteiger partial charge in [0.25, 0.3) is 0 Å². The Hall–Kier alpha value is -10.1. The van der Waals surface area contributed by atoms with E-state index in [1.54, 1.807) is 12.2 Å². The number of allylic oxidation sites excluding steroid dienone is 4. The second kappa shape index (κ2) is 28.4. The molecular weight excluding hydrogens is 1100 g/mol. The number of para-hydroxylation sites is 3. The van der Waals surface area contributed by atoms with E-state index in [0.717, 1.165) is 78.7 Å². The SMILES string of the molecule is C=C.C=C/C=C\C.C=CC.COS(=O)(=O)C(F)(F)F.Cc1ccc(-c2ccccc2)cc1.Oc1cc(N(c2ccc3c(c2)oc2ccccc23)c2ccc3c(c2)oc2ccccc23)ccc1N(c1ccccc1)c1ccc2c(c1)Cc1ccccc1-2. The number of fused-ring (bicyclic) bond motifs is 9. The molecule has 0 amide bonds. The van der Waals surface area contributed by atoms with E-state index in [2.05, 4.69) is 205 Å². The smallest absolute Gasteiger partial charge is 0.506 e. The maximum absolute atomic E-state index is 12.1. The molecule has 1 aliphatic rings. The number of halogens is 3. The zero-order valence-electron chi connectivity index (χ0n) is 48.2. The number of nitrogens with zero attached hydrogens (tertiary/aromatic N) is 2. The summed E-state index contributed by atoms with van der Waals surface area (Å²) < 4.78 is 68.6. The molecule has 0 saturated heterocycles. The number of aryl methyl sites for hydroxylation is 1. The molecule has 0 saturated carbocycles. The van der Waals surface area contributed by atoms with Crippen LogP contribution in [0.25, 0.3) is 66.1 Å². The molecule has 0 atom stereocenters. The number of anilines is 6. The predicted octanol–water partition coefficient (Wildman–Crippen LogP) is 21.6. The lowest BCUT2D eigenvalue weighted by Gasteiger charge is -2.29. The number of furan rings is 2. The Balaban J connectivity index is 0.000000246. The molecule has 0 unspecified atom stereocenters. The average Bonchev–Trinajstić information content (AvgIpc) is 1.87. The fourth-order valence-electron chi connectivity index (χ4n) is 9.88. The van der Waals surface area contributed by atoms with E-state index in [4.69, 9.17) is 8.83 Å². The summed E-state index contributed by atoms with van der Waals surface area (Å²) in [5, 5.41) is 16.3.